The molecule has 0 amide bonds. The molecule has 4 aromatic rings. The van der Waals surface area contributed by atoms with Crippen LogP contribution in [0, 0.1) is 11.6 Å². The van der Waals surface area contributed by atoms with Crippen LogP contribution < -0.4 is 4.74 Å². The highest BCUT2D eigenvalue weighted by atomic mass is 32.2. The first kappa shape index (κ1) is 28.9. The van der Waals surface area contributed by atoms with Gasteiger partial charge in [0.05, 0.1) is 16.5 Å². The molecule has 2 unspecified atom stereocenters. The van der Waals surface area contributed by atoms with Crippen LogP contribution in [0.4, 0.5) is 22.0 Å². The molecule has 9 heteroatoms. The Morgan fingerprint density at radius 1 is 0.800 bits per heavy atom. The maximum absolute atomic E-state index is 14.0. The number of carbonyl (C=O) groups excluding carboxylic acids is 1. The highest BCUT2D eigenvalue weighted by Crippen LogP contribution is 2.34. The fraction of sp³-hybridized carbons (Fsp3) is 0.129. The summed E-state index contributed by atoms with van der Waals surface area (Å²) in [6.07, 6.45) is -3.17. The highest BCUT2D eigenvalue weighted by Gasteiger charge is 2.33. The standard InChI is InChI=1S/C31H24F5O3S/c1-3-30(2,21-9-11-22(12-10-21)31(34,35)36)39-29(37)20-38-25-13-15-27(16-14-25)40(26-7-5-4-6-8-26)28-18-23(32)17-24(33)19-28/h3-19H,1,20H2,2H3/q+1. The van der Waals surface area contributed by atoms with Gasteiger partial charge in [-0.25, -0.2) is 13.6 Å². The molecule has 0 heterocycles. The number of ether oxygens (including phenoxy) is 2. The smallest absolute Gasteiger partial charge is 0.416 e. The second-order valence-corrected chi connectivity index (χ2v) is 10.9. The molecule has 0 spiro atoms. The Hall–Kier alpha value is -4.11. The molecule has 0 bridgehead atoms. The van der Waals surface area contributed by atoms with Crippen molar-refractivity contribution in [2.45, 2.75) is 33.4 Å². The quantitative estimate of drug-likeness (QED) is 0.0882. The molecule has 40 heavy (non-hydrogen) atoms. The van der Waals surface area contributed by atoms with Crippen LogP contribution in [0.25, 0.3) is 0 Å². The lowest BCUT2D eigenvalue weighted by molar-refractivity contribution is -0.157. The second kappa shape index (κ2) is 12.0. The van der Waals surface area contributed by atoms with E-state index in [-0.39, 0.29) is 0 Å². The third-order valence-electron chi connectivity index (χ3n) is 5.97. The summed E-state index contributed by atoms with van der Waals surface area (Å²) in [7, 11) is -0.808. The van der Waals surface area contributed by atoms with Crippen molar-refractivity contribution in [1.82, 2.24) is 0 Å². The van der Waals surface area contributed by atoms with Gasteiger partial charge in [0.2, 0.25) is 0 Å². The first-order valence-electron chi connectivity index (χ1n) is 12.0. The van der Waals surface area contributed by atoms with E-state index < -0.39 is 52.4 Å². The number of halogens is 5. The predicted molar refractivity (Wildman–Crippen MR) is 142 cm³/mol. The molecule has 2 atom stereocenters. The lowest BCUT2D eigenvalue weighted by atomic mass is 9.95. The van der Waals surface area contributed by atoms with Gasteiger partial charge < -0.3 is 9.47 Å². The molecule has 0 aliphatic carbocycles. The van der Waals surface area contributed by atoms with Gasteiger partial charge >= 0.3 is 12.1 Å². The number of hydrogen-bond acceptors (Lipinski definition) is 3. The van der Waals surface area contributed by atoms with Gasteiger partial charge in [0.15, 0.2) is 26.9 Å². The monoisotopic (exact) mass is 571 g/mol. The molecule has 0 fully saturated rings. The van der Waals surface area contributed by atoms with Crippen molar-refractivity contribution in [3.63, 3.8) is 0 Å². The number of alkyl halides is 3. The van der Waals surface area contributed by atoms with Gasteiger partial charge in [-0.15, -0.1) is 0 Å². The van der Waals surface area contributed by atoms with Crippen molar-refractivity contribution in [3.8, 4) is 5.75 Å². The average Bonchev–Trinajstić information content (AvgIpc) is 2.92. The second-order valence-electron chi connectivity index (χ2n) is 8.84. The Labute approximate surface area is 231 Å². The minimum atomic E-state index is -4.49. The van der Waals surface area contributed by atoms with E-state index in [4.69, 9.17) is 9.47 Å². The Kier molecular flexibility index (Phi) is 8.64. The van der Waals surface area contributed by atoms with E-state index >= 15 is 0 Å². The van der Waals surface area contributed by atoms with Crippen molar-refractivity contribution < 1.29 is 36.2 Å². The average molecular weight is 572 g/mol. The van der Waals surface area contributed by atoms with E-state index in [2.05, 4.69) is 6.58 Å². The van der Waals surface area contributed by atoms with Gasteiger partial charge in [0, 0.05) is 18.2 Å². The van der Waals surface area contributed by atoms with Crippen LogP contribution >= 0.6 is 0 Å². The van der Waals surface area contributed by atoms with Crippen molar-refractivity contribution >= 4 is 16.9 Å². The highest BCUT2D eigenvalue weighted by molar-refractivity contribution is 7.97. The minimum absolute atomic E-state index is 0.315. The molecule has 4 aromatic carbocycles. The number of rotatable bonds is 9. The third kappa shape index (κ3) is 6.90. The van der Waals surface area contributed by atoms with Crippen molar-refractivity contribution in [2.75, 3.05) is 6.61 Å². The molecule has 0 aromatic heterocycles. The fourth-order valence-corrected chi connectivity index (χ4v) is 6.01. The van der Waals surface area contributed by atoms with Crippen LogP contribution in [0.3, 0.4) is 0 Å². The minimum Gasteiger partial charge on any atom is -0.482 e. The van der Waals surface area contributed by atoms with Crippen LogP contribution in [0.1, 0.15) is 18.1 Å². The largest absolute Gasteiger partial charge is 0.482 e. The lowest BCUT2D eigenvalue weighted by Crippen LogP contribution is -2.29. The zero-order chi connectivity index (χ0) is 28.9. The summed E-state index contributed by atoms with van der Waals surface area (Å²) < 4.78 is 77.8. The lowest BCUT2D eigenvalue weighted by Gasteiger charge is -2.27. The van der Waals surface area contributed by atoms with E-state index in [1.807, 2.05) is 30.3 Å². The van der Waals surface area contributed by atoms with Gasteiger partial charge in [-0.2, -0.15) is 13.2 Å². The SMILES string of the molecule is C=CC(C)(OC(=O)COc1ccc([S+](c2ccccc2)c2cc(F)cc(F)c2)cc1)c1ccc(C(F)(F)F)cc1. The molecular weight excluding hydrogens is 547 g/mol. The van der Waals surface area contributed by atoms with Crippen molar-refractivity contribution in [2.24, 2.45) is 0 Å². The number of benzene rings is 4. The summed E-state index contributed by atoms with van der Waals surface area (Å²) in [6.45, 7) is 4.69. The zero-order valence-electron chi connectivity index (χ0n) is 21.3. The summed E-state index contributed by atoms with van der Waals surface area (Å²) in [4.78, 5) is 14.6. The van der Waals surface area contributed by atoms with Crippen LogP contribution in [0.5, 0.6) is 5.75 Å². The molecule has 0 radical (unpaired) electrons. The van der Waals surface area contributed by atoms with Crippen molar-refractivity contribution in [3.05, 3.63) is 132 Å². The number of esters is 1. The van der Waals surface area contributed by atoms with E-state index in [9.17, 15) is 26.7 Å². The summed E-state index contributed by atoms with van der Waals surface area (Å²) in [5, 5.41) is 0. The van der Waals surface area contributed by atoms with Gasteiger partial charge in [-0.1, -0.05) is 36.9 Å². The molecule has 0 saturated heterocycles. The third-order valence-corrected chi connectivity index (χ3v) is 8.16. The molecule has 0 aliphatic rings. The van der Waals surface area contributed by atoms with E-state index in [1.165, 1.54) is 37.3 Å². The van der Waals surface area contributed by atoms with Gasteiger partial charge in [0.1, 0.15) is 17.4 Å². The molecule has 4 rings (SSSR count). The van der Waals surface area contributed by atoms with E-state index in [1.54, 1.807) is 24.3 Å². The van der Waals surface area contributed by atoms with E-state index in [0.717, 1.165) is 28.0 Å². The van der Waals surface area contributed by atoms with Crippen LogP contribution in [0.2, 0.25) is 0 Å². The Bertz CT molecular complexity index is 1450. The molecule has 0 saturated carbocycles. The first-order valence-corrected chi connectivity index (χ1v) is 13.2. The summed E-state index contributed by atoms with van der Waals surface area (Å²) in [5.41, 5.74) is -1.88. The Morgan fingerprint density at radius 3 is 1.90 bits per heavy atom. The fourth-order valence-electron chi connectivity index (χ4n) is 3.90. The summed E-state index contributed by atoms with van der Waals surface area (Å²) in [6, 6.07) is 23.7. The Morgan fingerprint density at radius 2 is 1.35 bits per heavy atom. The van der Waals surface area contributed by atoms with Crippen LogP contribution in [-0.2, 0) is 32.2 Å². The van der Waals surface area contributed by atoms with Crippen LogP contribution in [0.15, 0.2) is 124 Å². The van der Waals surface area contributed by atoms with Crippen molar-refractivity contribution in [1.29, 1.82) is 0 Å². The molecule has 0 N–H and O–H groups in total. The van der Waals surface area contributed by atoms with Crippen LogP contribution in [-0.4, -0.2) is 12.6 Å². The summed E-state index contributed by atoms with van der Waals surface area (Å²) >= 11 is 0. The molecule has 3 nitrogen and oxygen atoms in total. The topological polar surface area (TPSA) is 35.5 Å². The maximum Gasteiger partial charge on any atom is 0.416 e. The molecule has 0 aliphatic heterocycles. The predicted octanol–water partition coefficient (Wildman–Crippen LogP) is 8.10. The van der Waals surface area contributed by atoms with E-state index in [0.29, 0.717) is 16.2 Å². The normalized spacial score (nSPS) is 13.7. The number of carbonyl (C=O) groups is 1. The molecular formula is C31H24F5O3S+. The van der Waals surface area contributed by atoms with Gasteiger partial charge in [-0.3, -0.25) is 0 Å². The molecule has 206 valence electrons. The van der Waals surface area contributed by atoms with Gasteiger partial charge in [-0.05, 0) is 67.1 Å². The summed E-state index contributed by atoms with van der Waals surface area (Å²) in [5.74, 6) is -1.77. The van der Waals surface area contributed by atoms with Gasteiger partial charge in [0.25, 0.3) is 0 Å². The number of hydrogen-bond donors (Lipinski definition) is 0. The Balaban J connectivity index is 1.46. The maximum atomic E-state index is 14.0. The first-order chi connectivity index (χ1) is 19.0. The zero-order valence-corrected chi connectivity index (χ0v) is 22.1.